The van der Waals surface area contributed by atoms with Gasteiger partial charge in [0, 0.05) is 36.7 Å². The molecule has 1 aromatic carbocycles. The van der Waals surface area contributed by atoms with E-state index in [0.717, 1.165) is 32.2 Å². The maximum Gasteiger partial charge on any atom is 0.257 e. The van der Waals surface area contributed by atoms with Crippen molar-refractivity contribution in [3.05, 3.63) is 47.8 Å². The quantitative estimate of drug-likeness (QED) is 0.841. The minimum Gasteiger partial charge on any atom is -0.336 e. The topological polar surface area (TPSA) is 49.3 Å². The van der Waals surface area contributed by atoms with Crippen molar-refractivity contribution in [2.45, 2.75) is 58.0 Å². The van der Waals surface area contributed by atoms with Gasteiger partial charge in [0.1, 0.15) is 0 Å². The fraction of sp³-hybridized carbons (Fsp3) is 0.476. The van der Waals surface area contributed by atoms with E-state index in [-0.39, 0.29) is 5.91 Å². The van der Waals surface area contributed by atoms with Crippen LogP contribution < -0.4 is 4.90 Å². The van der Waals surface area contributed by atoms with Crippen LogP contribution in [0.2, 0.25) is 0 Å². The maximum atomic E-state index is 12.9. The van der Waals surface area contributed by atoms with Gasteiger partial charge in [-0.05, 0) is 50.7 Å². The number of hydrogen-bond acceptors (Lipinski definition) is 4. The number of para-hydroxylation sites is 1. The summed E-state index contributed by atoms with van der Waals surface area (Å²) in [5, 5.41) is 0. The SMILES string of the molecule is CCC1CCCCN1C(=O)c1cnc(N2c3ccccc3CC2C)nc1. The molecule has 5 heteroatoms. The second-order valence-electron chi connectivity index (χ2n) is 7.38. The Hall–Kier alpha value is -2.43. The van der Waals surface area contributed by atoms with Gasteiger partial charge in [0.2, 0.25) is 5.95 Å². The van der Waals surface area contributed by atoms with Crippen molar-refractivity contribution in [1.29, 1.82) is 0 Å². The lowest BCUT2D eigenvalue weighted by Crippen LogP contribution is -2.43. The molecule has 3 heterocycles. The van der Waals surface area contributed by atoms with E-state index in [1.54, 1.807) is 12.4 Å². The molecule has 1 fully saturated rings. The second kappa shape index (κ2) is 7.06. The van der Waals surface area contributed by atoms with E-state index in [1.165, 1.54) is 17.7 Å². The van der Waals surface area contributed by atoms with E-state index < -0.39 is 0 Å². The van der Waals surface area contributed by atoms with Gasteiger partial charge in [0.15, 0.2) is 0 Å². The van der Waals surface area contributed by atoms with Gasteiger partial charge in [-0.3, -0.25) is 4.79 Å². The summed E-state index contributed by atoms with van der Waals surface area (Å²) in [6.07, 6.45) is 8.79. The molecular weight excluding hydrogens is 324 g/mol. The fourth-order valence-corrected chi connectivity index (χ4v) is 4.28. The van der Waals surface area contributed by atoms with Gasteiger partial charge >= 0.3 is 0 Å². The number of carbonyl (C=O) groups is 1. The second-order valence-corrected chi connectivity index (χ2v) is 7.38. The predicted molar refractivity (Wildman–Crippen MR) is 103 cm³/mol. The van der Waals surface area contributed by atoms with Crippen molar-refractivity contribution >= 4 is 17.5 Å². The first-order chi connectivity index (χ1) is 12.7. The molecule has 2 aromatic rings. The number of aromatic nitrogens is 2. The van der Waals surface area contributed by atoms with Gasteiger partial charge < -0.3 is 9.80 Å². The minimum absolute atomic E-state index is 0.0676. The first-order valence-corrected chi connectivity index (χ1v) is 9.69. The molecule has 0 N–H and O–H groups in total. The van der Waals surface area contributed by atoms with Crippen LogP contribution in [0.3, 0.4) is 0 Å². The Labute approximate surface area is 155 Å². The Morgan fingerprint density at radius 2 is 1.96 bits per heavy atom. The van der Waals surface area contributed by atoms with Gasteiger partial charge in [-0.2, -0.15) is 0 Å². The monoisotopic (exact) mass is 350 g/mol. The average molecular weight is 350 g/mol. The highest BCUT2D eigenvalue weighted by atomic mass is 16.2. The number of rotatable bonds is 3. The lowest BCUT2D eigenvalue weighted by Gasteiger charge is -2.35. The summed E-state index contributed by atoms with van der Waals surface area (Å²) in [5.74, 6) is 0.739. The van der Waals surface area contributed by atoms with Crippen molar-refractivity contribution in [3.8, 4) is 0 Å². The fourth-order valence-electron chi connectivity index (χ4n) is 4.28. The maximum absolute atomic E-state index is 12.9. The molecule has 0 saturated carbocycles. The summed E-state index contributed by atoms with van der Waals surface area (Å²) >= 11 is 0. The summed E-state index contributed by atoms with van der Waals surface area (Å²) in [6.45, 7) is 5.18. The number of benzene rings is 1. The lowest BCUT2D eigenvalue weighted by atomic mass is 9.99. The van der Waals surface area contributed by atoms with E-state index >= 15 is 0 Å². The molecule has 2 aliphatic rings. The Morgan fingerprint density at radius 1 is 1.19 bits per heavy atom. The van der Waals surface area contributed by atoms with E-state index in [4.69, 9.17) is 0 Å². The summed E-state index contributed by atoms with van der Waals surface area (Å²) in [7, 11) is 0. The highest BCUT2D eigenvalue weighted by Gasteiger charge is 2.30. The third-order valence-electron chi connectivity index (χ3n) is 5.67. The third-order valence-corrected chi connectivity index (χ3v) is 5.67. The van der Waals surface area contributed by atoms with Crippen LogP contribution in [0.25, 0.3) is 0 Å². The molecule has 4 rings (SSSR count). The highest BCUT2D eigenvalue weighted by Crippen LogP contribution is 2.36. The molecule has 26 heavy (non-hydrogen) atoms. The van der Waals surface area contributed by atoms with Gasteiger partial charge in [-0.1, -0.05) is 25.1 Å². The van der Waals surface area contributed by atoms with Crippen LogP contribution in [0, 0.1) is 0 Å². The zero-order valence-electron chi connectivity index (χ0n) is 15.6. The van der Waals surface area contributed by atoms with Gasteiger partial charge in [0.25, 0.3) is 5.91 Å². The van der Waals surface area contributed by atoms with Crippen LogP contribution in [0.5, 0.6) is 0 Å². The molecule has 1 amide bonds. The van der Waals surface area contributed by atoms with E-state index in [2.05, 4.69) is 46.9 Å². The van der Waals surface area contributed by atoms with Crippen molar-refractivity contribution in [1.82, 2.24) is 14.9 Å². The van der Waals surface area contributed by atoms with Crippen LogP contribution in [0.1, 0.15) is 55.5 Å². The number of anilines is 2. The Balaban J connectivity index is 1.56. The Morgan fingerprint density at radius 3 is 2.73 bits per heavy atom. The van der Waals surface area contributed by atoms with Crippen LogP contribution >= 0.6 is 0 Å². The number of fused-ring (bicyclic) bond motifs is 1. The zero-order chi connectivity index (χ0) is 18.1. The Kier molecular flexibility index (Phi) is 4.62. The molecule has 1 aromatic heterocycles. The number of hydrogen-bond donors (Lipinski definition) is 0. The molecule has 2 unspecified atom stereocenters. The van der Waals surface area contributed by atoms with E-state index in [9.17, 15) is 4.79 Å². The number of likely N-dealkylation sites (tertiary alicyclic amines) is 1. The molecule has 0 aliphatic carbocycles. The van der Waals surface area contributed by atoms with E-state index in [1.807, 2.05) is 11.0 Å². The summed E-state index contributed by atoms with van der Waals surface area (Å²) in [5.41, 5.74) is 3.08. The number of amides is 1. The van der Waals surface area contributed by atoms with Crippen molar-refractivity contribution < 1.29 is 4.79 Å². The number of carbonyl (C=O) groups excluding carboxylic acids is 1. The molecule has 0 spiro atoms. The van der Waals surface area contributed by atoms with E-state index in [0.29, 0.717) is 23.6 Å². The first kappa shape index (κ1) is 17.0. The van der Waals surface area contributed by atoms with Crippen molar-refractivity contribution in [3.63, 3.8) is 0 Å². The lowest BCUT2D eigenvalue weighted by molar-refractivity contribution is 0.0607. The number of nitrogens with zero attached hydrogens (tertiary/aromatic N) is 4. The standard InChI is InChI=1S/C21H26N4O/c1-3-18-9-6-7-11-24(18)20(26)17-13-22-21(23-14-17)25-15(2)12-16-8-4-5-10-19(16)25/h4-5,8,10,13-15,18H,3,6-7,9,11-12H2,1-2H3. The van der Waals surface area contributed by atoms with Crippen LogP contribution in [0.15, 0.2) is 36.7 Å². The largest absolute Gasteiger partial charge is 0.336 e. The van der Waals surface area contributed by atoms with Crippen LogP contribution in [-0.2, 0) is 6.42 Å². The van der Waals surface area contributed by atoms with Gasteiger partial charge in [-0.15, -0.1) is 0 Å². The molecule has 0 bridgehead atoms. The first-order valence-electron chi connectivity index (χ1n) is 9.69. The van der Waals surface area contributed by atoms with Crippen LogP contribution in [-0.4, -0.2) is 39.4 Å². The van der Waals surface area contributed by atoms with Crippen LogP contribution in [0.4, 0.5) is 11.6 Å². The molecule has 5 nitrogen and oxygen atoms in total. The Bertz CT molecular complexity index is 789. The third kappa shape index (κ3) is 2.96. The highest BCUT2D eigenvalue weighted by molar-refractivity contribution is 5.94. The van der Waals surface area contributed by atoms with Gasteiger partial charge in [0.05, 0.1) is 5.56 Å². The predicted octanol–water partition coefficient (Wildman–Crippen LogP) is 3.96. The minimum atomic E-state index is 0.0676. The normalized spacial score (nSPS) is 22.4. The molecule has 0 radical (unpaired) electrons. The smallest absolute Gasteiger partial charge is 0.257 e. The summed E-state index contributed by atoms with van der Waals surface area (Å²) in [6, 6.07) is 9.05. The summed E-state index contributed by atoms with van der Waals surface area (Å²) < 4.78 is 0. The summed E-state index contributed by atoms with van der Waals surface area (Å²) in [4.78, 5) is 26.2. The zero-order valence-corrected chi connectivity index (χ0v) is 15.6. The van der Waals surface area contributed by atoms with Gasteiger partial charge in [-0.25, -0.2) is 9.97 Å². The molecule has 2 atom stereocenters. The molecule has 1 saturated heterocycles. The number of piperidine rings is 1. The van der Waals surface area contributed by atoms with Crippen molar-refractivity contribution in [2.75, 3.05) is 11.4 Å². The van der Waals surface area contributed by atoms with Crippen molar-refractivity contribution in [2.24, 2.45) is 0 Å². The molecular formula is C21H26N4O. The average Bonchev–Trinajstić information content (AvgIpc) is 3.03. The molecule has 2 aliphatic heterocycles. The molecule has 136 valence electrons.